The highest BCUT2D eigenvalue weighted by molar-refractivity contribution is 7.47. The minimum absolute atomic E-state index is 0.0839. The van der Waals surface area contributed by atoms with Gasteiger partial charge in [-0.05, 0) is 69.1 Å². The van der Waals surface area contributed by atoms with Crippen LogP contribution in [0.4, 0.5) is 0 Å². The van der Waals surface area contributed by atoms with Crippen LogP contribution >= 0.6 is 15.6 Å². The predicted molar refractivity (Wildman–Crippen MR) is 363 cm³/mol. The van der Waals surface area contributed by atoms with E-state index in [2.05, 4.69) is 72.8 Å². The van der Waals surface area contributed by atoms with Gasteiger partial charge in [-0.15, -0.1) is 0 Å². The minimum Gasteiger partial charge on any atom is -0.462 e. The first-order chi connectivity index (χ1) is 43.3. The molecule has 4 unspecified atom stereocenters. The number of hydrogen-bond donors (Lipinski definition) is 3. The number of unbranched alkanes of at least 4 members (excludes halogenated alkanes) is 31. The van der Waals surface area contributed by atoms with E-state index in [1.807, 2.05) is 0 Å². The average Bonchev–Trinajstić information content (AvgIpc) is 2.78. The van der Waals surface area contributed by atoms with Gasteiger partial charge in [0, 0.05) is 25.7 Å². The molecule has 0 saturated carbocycles. The number of aliphatic hydroxyl groups is 1. The fraction of sp³-hybridized carbons (Fsp3) is 0.887. The van der Waals surface area contributed by atoms with Crippen LogP contribution in [0.2, 0.25) is 0 Å². The second-order valence-corrected chi connectivity index (χ2v) is 29.0. The van der Waals surface area contributed by atoms with Crippen molar-refractivity contribution >= 4 is 39.5 Å². The Morgan fingerprint density at radius 1 is 0.367 bits per heavy atom. The molecule has 0 aliphatic carbocycles. The predicted octanol–water partition coefficient (Wildman–Crippen LogP) is 19.8. The van der Waals surface area contributed by atoms with E-state index in [1.54, 1.807) is 0 Å². The first-order valence-corrected chi connectivity index (χ1v) is 39.2. The van der Waals surface area contributed by atoms with Crippen LogP contribution in [0.15, 0.2) is 24.3 Å². The Morgan fingerprint density at radius 3 is 0.989 bits per heavy atom. The smallest absolute Gasteiger partial charge is 0.462 e. The van der Waals surface area contributed by atoms with Crippen LogP contribution < -0.4 is 0 Å². The lowest BCUT2D eigenvalue weighted by molar-refractivity contribution is -0.161. The third kappa shape index (κ3) is 63.0. The standard InChI is InChI=1S/C71H134O17P2/c1-8-10-11-12-13-14-15-16-17-18-19-23-32-40-47-54-70(75)87-66(58-81-68(73)52-45-38-31-26-25-28-35-42-49-62(3)4)60-85-89(77,78)83-56-65(72)57-84-90(79,80)86-61-67(59-82-69(74)53-46-39-34-27-29-36-43-50-63(5)6)88-71(76)55-48-41-33-24-21-20-22-30-37-44-51-64(7)9-2/h14-17,62-67,72H,8-13,18-61H2,1-7H3,(H,77,78)(H,79,80)/b15-14-,17-16-/t64?,65?,66-,67-/m1/s1. The van der Waals surface area contributed by atoms with Crippen LogP contribution in [0.3, 0.4) is 0 Å². The van der Waals surface area contributed by atoms with Crippen molar-refractivity contribution < 1.29 is 80.2 Å². The van der Waals surface area contributed by atoms with E-state index < -0.39 is 97.5 Å². The summed E-state index contributed by atoms with van der Waals surface area (Å²) in [6.07, 6.45) is 48.0. The number of aliphatic hydroxyl groups excluding tert-OH is 1. The topological polar surface area (TPSA) is 237 Å². The van der Waals surface area contributed by atoms with E-state index in [9.17, 15) is 43.2 Å². The Morgan fingerprint density at radius 2 is 0.656 bits per heavy atom. The molecule has 0 fully saturated rings. The van der Waals surface area contributed by atoms with Crippen molar-refractivity contribution in [3.05, 3.63) is 24.3 Å². The van der Waals surface area contributed by atoms with Crippen molar-refractivity contribution in [1.82, 2.24) is 0 Å². The Balaban J connectivity index is 5.30. The third-order valence-electron chi connectivity index (χ3n) is 16.1. The lowest BCUT2D eigenvalue weighted by Gasteiger charge is -2.21. The normalized spacial score (nSPS) is 14.7. The Labute approximate surface area is 548 Å². The van der Waals surface area contributed by atoms with Crippen LogP contribution in [0.5, 0.6) is 0 Å². The van der Waals surface area contributed by atoms with Gasteiger partial charge in [0.2, 0.25) is 0 Å². The number of rotatable bonds is 67. The molecule has 0 aromatic heterocycles. The molecular weight excluding hydrogens is 1190 g/mol. The van der Waals surface area contributed by atoms with Crippen LogP contribution in [0, 0.1) is 17.8 Å². The molecule has 0 amide bonds. The second kappa shape index (κ2) is 61.4. The first-order valence-electron chi connectivity index (χ1n) is 36.2. The minimum atomic E-state index is -4.96. The van der Waals surface area contributed by atoms with E-state index in [-0.39, 0.29) is 25.7 Å². The molecule has 0 spiro atoms. The Kier molecular flexibility index (Phi) is 59.7. The summed E-state index contributed by atoms with van der Waals surface area (Å²) in [5.41, 5.74) is 0. The summed E-state index contributed by atoms with van der Waals surface area (Å²) < 4.78 is 68.3. The Bertz CT molecular complexity index is 1860. The molecule has 0 saturated heterocycles. The third-order valence-corrected chi connectivity index (χ3v) is 18.0. The summed E-state index contributed by atoms with van der Waals surface area (Å²) in [6, 6.07) is 0. The summed E-state index contributed by atoms with van der Waals surface area (Å²) in [6.45, 7) is 11.7. The van der Waals surface area contributed by atoms with E-state index in [0.29, 0.717) is 31.6 Å². The molecule has 0 heterocycles. The van der Waals surface area contributed by atoms with Crippen molar-refractivity contribution in [2.24, 2.45) is 17.8 Å². The monoisotopic (exact) mass is 1320 g/mol. The maximum Gasteiger partial charge on any atom is 0.472 e. The van der Waals surface area contributed by atoms with Crippen molar-refractivity contribution in [2.45, 2.75) is 349 Å². The second-order valence-electron chi connectivity index (χ2n) is 26.1. The van der Waals surface area contributed by atoms with Crippen LogP contribution in [0.25, 0.3) is 0 Å². The molecule has 90 heavy (non-hydrogen) atoms. The van der Waals surface area contributed by atoms with Crippen LogP contribution in [-0.4, -0.2) is 96.7 Å². The highest BCUT2D eigenvalue weighted by Gasteiger charge is 2.30. The number of carbonyl (C=O) groups excluding carboxylic acids is 4. The molecule has 19 heteroatoms. The van der Waals surface area contributed by atoms with E-state index in [0.717, 1.165) is 127 Å². The van der Waals surface area contributed by atoms with Gasteiger partial charge in [0.05, 0.1) is 26.4 Å². The van der Waals surface area contributed by atoms with Gasteiger partial charge in [-0.3, -0.25) is 37.3 Å². The quantitative estimate of drug-likeness (QED) is 0.0169. The summed E-state index contributed by atoms with van der Waals surface area (Å²) >= 11 is 0. The Hall–Kier alpha value is -2.46. The zero-order valence-electron chi connectivity index (χ0n) is 58.1. The molecule has 0 rings (SSSR count). The molecule has 0 aromatic carbocycles. The molecule has 3 N–H and O–H groups in total. The highest BCUT2D eigenvalue weighted by atomic mass is 31.2. The number of ether oxygens (including phenoxy) is 4. The molecule has 0 aliphatic heterocycles. The van der Waals surface area contributed by atoms with Crippen molar-refractivity contribution in [3.63, 3.8) is 0 Å². The molecule has 0 bridgehead atoms. The summed E-state index contributed by atoms with van der Waals surface area (Å²) in [7, 11) is -9.92. The van der Waals surface area contributed by atoms with Crippen molar-refractivity contribution in [2.75, 3.05) is 39.6 Å². The van der Waals surface area contributed by atoms with Crippen LogP contribution in [-0.2, 0) is 65.4 Å². The first kappa shape index (κ1) is 87.5. The largest absolute Gasteiger partial charge is 0.472 e. The van der Waals surface area contributed by atoms with Gasteiger partial charge in [-0.1, -0.05) is 278 Å². The lowest BCUT2D eigenvalue weighted by atomic mass is 9.99. The maximum absolute atomic E-state index is 13.0. The zero-order valence-corrected chi connectivity index (χ0v) is 59.9. The van der Waals surface area contributed by atoms with Crippen molar-refractivity contribution in [1.29, 1.82) is 0 Å². The van der Waals surface area contributed by atoms with E-state index in [1.165, 1.54) is 116 Å². The van der Waals surface area contributed by atoms with E-state index >= 15 is 0 Å². The highest BCUT2D eigenvalue weighted by Crippen LogP contribution is 2.45. The number of phosphoric ester groups is 2. The average molecular weight is 1320 g/mol. The molecule has 0 aromatic rings. The number of hydrogen-bond acceptors (Lipinski definition) is 15. The summed E-state index contributed by atoms with van der Waals surface area (Å²) in [5, 5.41) is 10.6. The molecule has 6 atom stereocenters. The zero-order chi connectivity index (χ0) is 66.6. The molecule has 0 radical (unpaired) electrons. The fourth-order valence-electron chi connectivity index (χ4n) is 10.1. The number of esters is 4. The molecule has 17 nitrogen and oxygen atoms in total. The molecule has 530 valence electrons. The maximum atomic E-state index is 13.0. The van der Waals surface area contributed by atoms with Gasteiger partial charge in [0.15, 0.2) is 12.2 Å². The fourth-order valence-corrected chi connectivity index (χ4v) is 11.7. The molecule has 0 aliphatic rings. The number of phosphoric acid groups is 2. The number of carbonyl (C=O) groups is 4. The van der Waals surface area contributed by atoms with Gasteiger partial charge in [0.1, 0.15) is 19.3 Å². The van der Waals surface area contributed by atoms with Gasteiger partial charge in [-0.25, -0.2) is 9.13 Å². The van der Waals surface area contributed by atoms with Gasteiger partial charge >= 0.3 is 39.5 Å². The number of allylic oxidation sites excluding steroid dienone is 4. The lowest BCUT2D eigenvalue weighted by Crippen LogP contribution is -2.30. The summed E-state index contributed by atoms with van der Waals surface area (Å²) in [4.78, 5) is 72.5. The summed E-state index contributed by atoms with van der Waals surface area (Å²) in [5.74, 6) is 0.0706. The van der Waals surface area contributed by atoms with Gasteiger partial charge in [-0.2, -0.15) is 0 Å². The van der Waals surface area contributed by atoms with Gasteiger partial charge in [0.25, 0.3) is 0 Å². The SMILES string of the molecule is CCCCCC/C=C\C=C/CCCCCCCC(=O)O[C@H](COC(=O)CCCCCCCCCCC(C)C)COP(=O)(O)OCC(O)COP(=O)(O)OC[C@@H](COC(=O)CCCCCCCCCC(C)C)OC(=O)CCCCCCCCCCCCC(C)CC. The van der Waals surface area contributed by atoms with E-state index in [4.69, 9.17) is 37.0 Å². The van der Waals surface area contributed by atoms with Crippen molar-refractivity contribution in [3.8, 4) is 0 Å². The van der Waals surface area contributed by atoms with Gasteiger partial charge < -0.3 is 33.8 Å². The van der Waals surface area contributed by atoms with Crippen LogP contribution in [0.1, 0.15) is 331 Å². The molecular formula is C71H134O17P2.